The van der Waals surface area contributed by atoms with Gasteiger partial charge in [0.05, 0.1) is 4.90 Å². The average molecular weight is 396 g/mol. The summed E-state index contributed by atoms with van der Waals surface area (Å²) in [6.07, 6.45) is 3.80. The van der Waals surface area contributed by atoms with Crippen molar-refractivity contribution in [2.75, 3.05) is 6.54 Å². The normalized spacial score (nSPS) is 16.5. The predicted molar refractivity (Wildman–Crippen MR) is 100 cm³/mol. The summed E-state index contributed by atoms with van der Waals surface area (Å²) < 4.78 is 39.9. The lowest BCUT2D eigenvalue weighted by atomic mass is 10.1. The second kappa shape index (κ2) is 7.88. The number of hydrogen-bond acceptors (Lipinski definition) is 4. The molecule has 3 rings (SSSR count). The molecule has 4 nitrogen and oxygen atoms in total. The van der Waals surface area contributed by atoms with Gasteiger partial charge in [0, 0.05) is 17.3 Å². The first kappa shape index (κ1) is 19.0. The van der Waals surface area contributed by atoms with Crippen molar-refractivity contribution in [2.24, 2.45) is 5.92 Å². The standard InChI is InChI=1S/C19H22FNO3S2/c1-13-11-15(8-9-16(13)20)26(23,24)18(17-7-4-10-25-17)12-21-19(22)14-5-2-3-6-14/h4,7-11,14,18H,2-3,5-6,12H2,1H3,(H,21,22)/t18-/m0/s1. The van der Waals surface area contributed by atoms with E-state index in [9.17, 15) is 17.6 Å². The van der Waals surface area contributed by atoms with Gasteiger partial charge in [-0.05, 0) is 55.0 Å². The largest absolute Gasteiger partial charge is 0.354 e. The molecular formula is C19H22FNO3S2. The Morgan fingerprint density at radius 3 is 2.65 bits per heavy atom. The summed E-state index contributed by atoms with van der Waals surface area (Å²) in [5, 5.41) is 3.76. The van der Waals surface area contributed by atoms with E-state index < -0.39 is 20.9 Å². The van der Waals surface area contributed by atoms with Crippen LogP contribution in [-0.2, 0) is 14.6 Å². The fraction of sp³-hybridized carbons (Fsp3) is 0.421. The molecule has 7 heteroatoms. The van der Waals surface area contributed by atoms with Crippen LogP contribution in [0, 0.1) is 18.7 Å². The van der Waals surface area contributed by atoms with E-state index in [2.05, 4.69) is 5.32 Å². The third-order valence-corrected chi connectivity index (χ3v) is 8.10. The second-order valence-corrected chi connectivity index (χ2v) is 9.80. The third-order valence-electron chi connectivity index (χ3n) is 4.88. The zero-order chi connectivity index (χ0) is 18.7. The second-order valence-electron chi connectivity index (χ2n) is 6.69. The van der Waals surface area contributed by atoms with Gasteiger partial charge in [-0.3, -0.25) is 4.79 Å². The van der Waals surface area contributed by atoms with E-state index in [1.54, 1.807) is 12.1 Å². The molecule has 1 saturated carbocycles. The lowest BCUT2D eigenvalue weighted by Crippen LogP contribution is -2.35. The molecule has 1 aromatic heterocycles. The number of halogens is 1. The fourth-order valence-electron chi connectivity index (χ4n) is 3.32. The van der Waals surface area contributed by atoms with Gasteiger partial charge in [0.2, 0.25) is 5.91 Å². The SMILES string of the molecule is Cc1cc(S(=O)(=O)[C@@H](CNC(=O)C2CCCC2)c2cccs2)ccc1F. The maximum Gasteiger partial charge on any atom is 0.223 e. The lowest BCUT2D eigenvalue weighted by molar-refractivity contribution is -0.124. The maximum atomic E-state index is 13.5. The monoisotopic (exact) mass is 395 g/mol. The highest BCUT2D eigenvalue weighted by molar-refractivity contribution is 7.91. The highest BCUT2D eigenvalue weighted by Crippen LogP contribution is 2.32. The van der Waals surface area contributed by atoms with Crippen molar-refractivity contribution >= 4 is 27.1 Å². The summed E-state index contributed by atoms with van der Waals surface area (Å²) in [6, 6.07) is 7.36. The molecule has 1 heterocycles. The van der Waals surface area contributed by atoms with E-state index in [0.29, 0.717) is 4.88 Å². The van der Waals surface area contributed by atoms with E-state index in [4.69, 9.17) is 0 Å². The van der Waals surface area contributed by atoms with Crippen LogP contribution in [-0.4, -0.2) is 20.9 Å². The molecule has 1 fully saturated rings. The van der Waals surface area contributed by atoms with Crippen molar-refractivity contribution in [3.8, 4) is 0 Å². The number of carbonyl (C=O) groups is 1. The highest BCUT2D eigenvalue weighted by Gasteiger charge is 2.32. The van der Waals surface area contributed by atoms with Crippen molar-refractivity contribution < 1.29 is 17.6 Å². The average Bonchev–Trinajstić information content (AvgIpc) is 3.30. The number of rotatable bonds is 6. The van der Waals surface area contributed by atoms with E-state index in [1.807, 2.05) is 5.38 Å². The molecule has 2 aromatic rings. The molecule has 0 bridgehead atoms. The number of aryl methyl sites for hydroxylation is 1. The third kappa shape index (κ3) is 3.99. The predicted octanol–water partition coefficient (Wildman–Crippen LogP) is 4.02. The molecule has 1 aliphatic rings. The number of amides is 1. The Labute approximate surface area is 157 Å². The molecule has 1 N–H and O–H groups in total. The molecule has 1 aromatic carbocycles. The van der Waals surface area contributed by atoms with E-state index in [-0.39, 0.29) is 28.8 Å². The smallest absolute Gasteiger partial charge is 0.223 e. The Kier molecular flexibility index (Phi) is 5.77. The Balaban J connectivity index is 1.85. The van der Waals surface area contributed by atoms with Gasteiger partial charge in [0.15, 0.2) is 9.84 Å². The number of hydrogen-bond donors (Lipinski definition) is 1. The van der Waals surface area contributed by atoms with Crippen LogP contribution in [0.2, 0.25) is 0 Å². The number of nitrogens with one attached hydrogen (secondary N) is 1. The van der Waals surface area contributed by atoms with Crippen molar-refractivity contribution in [3.63, 3.8) is 0 Å². The van der Waals surface area contributed by atoms with Gasteiger partial charge in [0.25, 0.3) is 0 Å². The first-order valence-electron chi connectivity index (χ1n) is 8.71. The summed E-state index contributed by atoms with van der Waals surface area (Å²) in [4.78, 5) is 13.1. The molecule has 26 heavy (non-hydrogen) atoms. The van der Waals surface area contributed by atoms with E-state index >= 15 is 0 Å². The summed E-state index contributed by atoms with van der Waals surface area (Å²) >= 11 is 1.34. The van der Waals surface area contributed by atoms with Gasteiger partial charge >= 0.3 is 0 Å². The molecular weight excluding hydrogens is 373 g/mol. The Morgan fingerprint density at radius 2 is 2.04 bits per heavy atom. The molecule has 0 unspecified atom stereocenters. The molecule has 0 radical (unpaired) electrons. The highest BCUT2D eigenvalue weighted by atomic mass is 32.2. The van der Waals surface area contributed by atoms with Gasteiger partial charge in [0.1, 0.15) is 11.1 Å². The summed E-state index contributed by atoms with van der Waals surface area (Å²) in [5.41, 5.74) is 0.283. The van der Waals surface area contributed by atoms with Crippen LogP contribution in [0.15, 0.2) is 40.6 Å². The molecule has 140 valence electrons. The van der Waals surface area contributed by atoms with Gasteiger partial charge in [-0.15, -0.1) is 11.3 Å². The Morgan fingerprint density at radius 1 is 1.31 bits per heavy atom. The minimum absolute atomic E-state index is 0.0187. The van der Waals surface area contributed by atoms with Gasteiger partial charge in [-0.1, -0.05) is 18.9 Å². The van der Waals surface area contributed by atoms with Crippen LogP contribution in [0.4, 0.5) is 4.39 Å². The van der Waals surface area contributed by atoms with Crippen molar-refractivity contribution in [1.29, 1.82) is 0 Å². The van der Waals surface area contributed by atoms with Crippen LogP contribution >= 0.6 is 11.3 Å². The van der Waals surface area contributed by atoms with Gasteiger partial charge < -0.3 is 5.32 Å². The summed E-state index contributed by atoms with van der Waals surface area (Å²) in [7, 11) is -3.75. The van der Waals surface area contributed by atoms with Crippen LogP contribution in [0.3, 0.4) is 0 Å². The van der Waals surface area contributed by atoms with E-state index in [0.717, 1.165) is 25.7 Å². The molecule has 0 spiro atoms. The lowest BCUT2D eigenvalue weighted by Gasteiger charge is -2.19. The molecule has 1 aliphatic carbocycles. The minimum atomic E-state index is -3.75. The Bertz CT molecular complexity index is 872. The molecule has 1 atom stereocenters. The van der Waals surface area contributed by atoms with E-state index in [1.165, 1.54) is 36.5 Å². The number of carbonyl (C=O) groups excluding carboxylic acids is 1. The van der Waals surface area contributed by atoms with Crippen LogP contribution < -0.4 is 5.32 Å². The van der Waals surface area contributed by atoms with Gasteiger partial charge in [-0.25, -0.2) is 12.8 Å². The van der Waals surface area contributed by atoms with Crippen molar-refractivity contribution in [2.45, 2.75) is 42.8 Å². The van der Waals surface area contributed by atoms with Crippen molar-refractivity contribution in [1.82, 2.24) is 5.32 Å². The molecule has 1 amide bonds. The summed E-state index contributed by atoms with van der Waals surface area (Å²) in [6.45, 7) is 1.56. The van der Waals surface area contributed by atoms with Gasteiger partial charge in [-0.2, -0.15) is 0 Å². The quantitative estimate of drug-likeness (QED) is 0.752. The fourth-order valence-corrected chi connectivity index (χ4v) is 6.19. The molecule has 0 aliphatic heterocycles. The van der Waals surface area contributed by atoms with Crippen molar-refractivity contribution in [3.05, 3.63) is 52.0 Å². The number of sulfone groups is 1. The topological polar surface area (TPSA) is 63.2 Å². The minimum Gasteiger partial charge on any atom is -0.354 e. The number of thiophene rings is 1. The maximum absolute atomic E-state index is 13.5. The van der Waals surface area contributed by atoms with Crippen LogP contribution in [0.5, 0.6) is 0 Å². The first-order valence-corrected chi connectivity index (χ1v) is 11.1. The zero-order valence-corrected chi connectivity index (χ0v) is 16.2. The number of benzene rings is 1. The first-order chi connectivity index (χ1) is 12.4. The Hall–Kier alpha value is -1.73. The summed E-state index contributed by atoms with van der Waals surface area (Å²) in [5.74, 6) is -0.532. The van der Waals surface area contributed by atoms with Crippen LogP contribution in [0.1, 0.15) is 41.4 Å². The molecule has 0 saturated heterocycles. The zero-order valence-electron chi connectivity index (χ0n) is 14.6. The van der Waals surface area contributed by atoms with Crippen LogP contribution in [0.25, 0.3) is 0 Å².